The summed E-state index contributed by atoms with van der Waals surface area (Å²) in [6, 6.07) is 14.3. The minimum absolute atomic E-state index is 0.132. The zero-order chi connectivity index (χ0) is 15.7. The molecule has 3 aromatic rings. The van der Waals surface area contributed by atoms with Gasteiger partial charge in [-0.25, -0.2) is 4.79 Å². The molecule has 0 atom stereocenters. The summed E-state index contributed by atoms with van der Waals surface area (Å²) in [5, 5.41) is 0. The van der Waals surface area contributed by atoms with E-state index in [0.29, 0.717) is 16.8 Å². The van der Waals surface area contributed by atoms with Crippen molar-refractivity contribution in [2.45, 2.75) is 6.92 Å². The fourth-order valence-electron chi connectivity index (χ4n) is 2.41. The van der Waals surface area contributed by atoms with Gasteiger partial charge in [0.05, 0.1) is 18.4 Å². The van der Waals surface area contributed by atoms with Crippen molar-refractivity contribution in [2.24, 2.45) is 0 Å². The number of aromatic nitrogens is 1. The molecule has 0 saturated heterocycles. The molecule has 0 aliphatic carbocycles. The van der Waals surface area contributed by atoms with Crippen LogP contribution in [0, 0.1) is 6.92 Å². The van der Waals surface area contributed by atoms with Gasteiger partial charge in [0.25, 0.3) is 0 Å². The van der Waals surface area contributed by atoms with Crippen LogP contribution in [0.4, 0.5) is 0 Å². The normalized spacial score (nSPS) is 10.6. The van der Waals surface area contributed by atoms with Crippen LogP contribution in [-0.4, -0.2) is 23.3 Å². The standard InChI is InChI=1S/C18H15NO3/c1-12-5-7-13(8-6-12)17(20)16-11-14(18(21)22-2)10-15-4-3-9-19(15)16/h3-11H,1-2H3. The zero-order valence-electron chi connectivity index (χ0n) is 12.4. The Kier molecular flexibility index (Phi) is 3.51. The maximum atomic E-state index is 12.8. The Hall–Kier alpha value is -2.88. The Labute approximate surface area is 128 Å². The summed E-state index contributed by atoms with van der Waals surface area (Å²) in [7, 11) is 1.33. The van der Waals surface area contributed by atoms with Crippen LogP contribution < -0.4 is 0 Å². The minimum Gasteiger partial charge on any atom is -0.465 e. The molecule has 2 aromatic heterocycles. The molecule has 4 nitrogen and oxygen atoms in total. The van der Waals surface area contributed by atoms with Crippen LogP contribution in [-0.2, 0) is 4.74 Å². The number of hydrogen-bond donors (Lipinski definition) is 0. The van der Waals surface area contributed by atoms with E-state index in [1.54, 1.807) is 34.9 Å². The van der Waals surface area contributed by atoms with Crippen LogP contribution in [0.15, 0.2) is 54.7 Å². The molecule has 22 heavy (non-hydrogen) atoms. The molecule has 3 rings (SSSR count). The summed E-state index contributed by atoms with van der Waals surface area (Å²) in [4.78, 5) is 24.6. The summed E-state index contributed by atoms with van der Waals surface area (Å²) in [6.07, 6.45) is 1.80. The van der Waals surface area contributed by atoms with Crippen LogP contribution in [0.5, 0.6) is 0 Å². The van der Waals surface area contributed by atoms with Crippen molar-refractivity contribution >= 4 is 17.3 Å². The third-order valence-electron chi connectivity index (χ3n) is 3.60. The predicted molar refractivity (Wildman–Crippen MR) is 83.3 cm³/mol. The van der Waals surface area contributed by atoms with Gasteiger partial charge in [-0.05, 0) is 31.2 Å². The van der Waals surface area contributed by atoms with Crippen LogP contribution >= 0.6 is 0 Å². The Morgan fingerprint density at radius 2 is 1.73 bits per heavy atom. The first-order valence-corrected chi connectivity index (χ1v) is 6.91. The van der Waals surface area contributed by atoms with Gasteiger partial charge < -0.3 is 9.14 Å². The van der Waals surface area contributed by atoms with Crippen molar-refractivity contribution in [3.63, 3.8) is 0 Å². The van der Waals surface area contributed by atoms with Crippen LogP contribution in [0.25, 0.3) is 5.52 Å². The number of nitrogens with zero attached hydrogens (tertiary/aromatic N) is 1. The first kappa shape index (κ1) is 14.1. The smallest absolute Gasteiger partial charge is 0.338 e. The Bertz CT molecular complexity index is 860. The average Bonchev–Trinajstić information content (AvgIpc) is 3.01. The number of ether oxygens (including phenoxy) is 1. The lowest BCUT2D eigenvalue weighted by molar-refractivity contribution is 0.0600. The van der Waals surface area contributed by atoms with Crippen molar-refractivity contribution in [3.8, 4) is 0 Å². The number of carbonyl (C=O) groups excluding carboxylic acids is 2. The fourth-order valence-corrected chi connectivity index (χ4v) is 2.41. The summed E-state index contributed by atoms with van der Waals surface area (Å²) in [5.41, 5.74) is 3.25. The number of hydrogen-bond acceptors (Lipinski definition) is 3. The van der Waals surface area contributed by atoms with E-state index in [1.165, 1.54) is 7.11 Å². The van der Waals surface area contributed by atoms with Gasteiger partial charge in [0.15, 0.2) is 0 Å². The highest BCUT2D eigenvalue weighted by atomic mass is 16.5. The van der Waals surface area contributed by atoms with E-state index in [9.17, 15) is 9.59 Å². The van der Waals surface area contributed by atoms with Gasteiger partial charge in [-0.1, -0.05) is 29.8 Å². The van der Waals surface area contributed by atoms with Crippen molar-refractivity contribution in [1.29, 1.82) is 0 Å². The van der Waals surface area contributed by atoms with Crippen LogP contribution in [0.1, 0.15) is 32.0 Å². The molecule has 0 unspecified atom stereocenters. The van der Waals surface area contributed by atoms with Crippen LogP contribution in [0.3, 0.4) is 0 Å². The van der Waals surface area contributed by atoms with Gasteiger partial charge in [-0.2, -0.15) is 0 Å². The Balaban J connectivity index is 2.16. The molecule has 1 aromatic carbocycles. The second kappa shape index (κ2) is 5.48. The topological polar surface area (TPSA) is 47.8 Å². The summed E-state index contributed by atoms with van der Waals surface area (Å²) in [5.74, 6) is -0.589. The molecule has 110 valence electrons. The maximum Gasteiger partial charge on any atom is 0.338 e. The summed E-state index contributed by atoms with van der Waals surface area (Å²) >= 11 is 0. The first-order chi connectivity index (χ1) is 10.6. The van der Waals surface area contributed by atoms with Crippen molar-refractivity contribution < 1.29 is 14.3 Å². The molecular formula is C18H15NO3. The number of aryl methyl sites for hydroxylation is 1. The van der Waals surface area contributed by atoms with E-state index in [0.717, 1.165) is 11.1 Å². The molecule has 2 heterocycles. The van der Waals surface area contributed by atoms with Gasteiger partial charge in [-0.3, -0.25) is 4.79 Å². The lowest BCUT2D eigenvalue weighted by Gasteiger charge is -2.09. The summed E-state index contributed by atoms with van der Waals surface area (Å²) in [6.45, 7) is 1.97. The average molecular weight is 293 g/mol. The van der Waals surface area contributed by atoms with E-state index in [1.807, 2.05) is 31.2 Å². The second-order valence-electron chi connectivity index (χ2n) is 5.12. The summed E-state index contributed by atoms with van der Waals surface area (Å²) < 4.78 is 6.53. The van der Waals surface area contributed by atoms with Crippen molar-refractivity contribution in [3.05, 3.63) is 77.1 Å². The molecule has 4 heteroatoms. The minimum atomic E-state index is -0.457. The second-order valence-corrected chi connectivity index (χ2v) is 5.12. The molecule has 0 radical (unpaired) electrons. The number of fused-ring (bicyclic) bond motifs is 1. The molecule has 0 amide bonds. The highest BCUT2D eigenvalue weighted by molar-refractivity contribution is 6.09. The number of benzene rings is 1. The monoisotopic (exact) mass is 293 g/mol. The van der Waals surface area contributed by atoms with Gasteiger partial charge in [0.2, 0.25) is 5.78 Å². The SMILES string of the molecule is COC(=O)c1cc(C(=O)c2ccc(C)cc2)n2cccc2c1. The molecule has 0 spiro atoms. The van der Waals surface area contributed by atoms with E-state index in [-0.39, 0.29) is 5.78 Å². The van der Waals surface area contributed by atoms with Gasteiger partial charge in [0.1, 0.15) is 0 Å². The third kappa shape index (κ3) is 2.39. The molecule has 0 N–H and O–H groups in total. The van der Waals surface area contributed by atoms with E-state index in [2.05, 4.69) is 0 Å². The number of ketones is 1. The van der Waals surface area contributed by atoms with Crippen molar-refractivity contribution in [2.75, 3.05) is 7.11 Å². The molecule has 0 bridgehead atoms. The Morgan fingerprint density at radius 1 is 1.00 bits per heavy atom. The van der Waals surface area contributed by atoms with Gasteiger partial charge >= 0.3 is 5.97 Å². The van der Waals surface area contributed by atoms with E-state index in [4.69, 9.17) is 4.74 Å². The van der Waals surface area contributed by atoms with Crippen molar-refractivity contribution in [1.82, 2.24) is 4.40 Å². The van der Waals surface area contributed by atoms with Gasteiger partial charge in [-0.15, -0.1) is 0 Å². The maximum absolute atomic E-state index is 12.8. The number of carbonyl (C=O) groups is 2. The lowest BCUT2D eigenvalue weighted by atomic mass is 10.0. The Morgan fingerprint density at radius 3 is 2.41 bits per heavy atom. The predicted octanol–water partition coefficient (Wildman–Crippen LogP) is 3.27. The number of rotatable bonds is 3. The molecular weight excluding hydrogens is 278 g/mol. The molecule has 0 aliphatic heterocycles. The van der Waals surface area contributed by atoms with E-state index < -0.39 is 5.97 Å². The first-order valence-electron chi connectivity index (χ1n) is 6.91. The molecule has 0 saturated carbocycles. The zero-order valence-corrected chi connectivity index (χ0v) is 12.4. The number of esters is 1. The fraction of sp³-hybridized carbons (Fsp3) is 0.111. The highest BCUT2D eigenvalue weighted by Gasteiger charge is 2.16. The quantitative estimate of drug-likeness (QED) is 0.550. The number of pyridine rings is 1. The van der Waals surface area contributed by atoms with Crippen LogP contribution in [0.2, 0.25) is 0 Å². The van der Waals surface area contributed by atoms with E-state index >= 15 is 0 Å². The molecule has 0 fully saturated rings. The molecule has 0 aliphatic rings. The highest BCUT2D eigenvalue weighted by Crippen LogP contribution is 2.18. The lowest BCUT2D eigenvalue weighted by Crippen LogP contribution is -2.11. The largest absolute Gasteiger partial charge is 0.465 e. The van der Waals surface area contributed by atoms with Gasteiger partial charge in [0, 0.05) is 17.3 Å². The number of methoxy groups -OCH3 is 1. The third-order valence-corrected chi connectivity index (χ3v) is 3.60.